The molecular weight excluding hydrogens is 278 g/mol. The van der Waals surface area contributed by atoms with E-state index >= 15 is 0 Å². The fourth-order valence-electron chi connectivity index (χ4n) is 1.79. The van der Waals surface area contributed by atoms with E-state index in [-0.39, 0.29) is 5.97 Å². The van der Waals surface area contributed by atoms with Crippen LogP contribution in [0.25, 0.3) is 0 Å². The van der Waals surface area contributed by atoms with Gasteiger partial charge in [-0.05, 0) is 24.6 Å². The maximum absolute atomic E-state index is 11.3. The van der Waals surface area contributed by atoms with E-state index in [0.717, 1.165) is 11.3 Å². The molecule has 1 N–H and O–H groups in total. The van der Waals surface area contributed by atoms with E-state index in [1.165, 1.54) is 7.11 Å². The van der Waals surface area contributed by atoms with Crippen LogP contribution in [0.15, 0.2) is 36.7 Å². The largest absolute Gasteiger partial charge is 0.467 e. The average Bonchev–Trinajstić information content (AvgIpc) is 2.87. The summed E-state index contributed by atoms with van der Waals surface area (Å²) in [7, 11) is 1.37. The monoisotopic (exact) mass is 293 g/mol. The fourth-order valence-corrected chi connectivity index (χ4v) is 1.91. The molecule has 2 rings (SSSR count). The van der Waals surface area contributed by atoms with Crippen LogP contribution in [-0.2, 0) is 16.1 Å². The molecule has 0 bridgehead atoms. The summed E-state index contributed by atoms with van der Waals surface area (Å²) in [6.07, 6.45) is 3.52. The lowest BCUT2D eigenvalue weighted by molar-refractivity contribution is -0.141. The van der Waals surface area contributed by atoms with Gasteiger partial charge >= 0.3 is 5.97 Å². The molecule has 0 radical (unpaired) electrons. The summed E-state index contributed by atoms with van der Waals surface area (Å²) in [4.78, 5) is 11.3. The number of nitrogens with zero attached hydrogens (tertiary/aromatic N) is 2. The topological polar surface area (TPSA) is 56.1 Å². The number of methoxy groups -OCH3 is 1. The first-order valence-corrected chi connectivity index (χ1v) is 6.57. The molecule has 1 unspecified atom stereocenters. The number of hydrogen-bond acceptors (Lipinski definition) is 4. The van der Waals surface area contributed by atoms with Crippen molar-refractivity contribution in [1.29, 1.82) is 0 Å². The average molecular weight is 294 g/mol. The van der Waals surface area contributed by atoms with Crippen molar-refractivity contribution in [3.05, 3.63) is 47.2 Å². The number of aromatic nitrogens is 2. The Labute approximate surface area is 122 Å². The molecule has 1 aromatic carbocycles. The minimum Gasteiger partial charge on any atom is -0.467 e. The highest BCUT2D eigenvalue weighted by Crippen LogP contribution is 2.12. The fraction of sp³-hybridized carbons (Fsp3) is 0.286. The Balaban J connectivity index is 1.98. The van der Waals surface area contributed by atoms with Gasteiger partial charge in [0.2, 0.25) is 0 Å². The van der Waals surface area contributed by atoms with Crippen LogP contribution in [0.1, 0.15) is 12.5 Å². The number of halogens is 1. The number of rotatable bonds is 5. The van der Waals surface area contributed by atoms with E-state index in [9.17, 15) is 4.79 Å². The van der Waals surface area contributed by atoms with Crippen molar-refractivity contribution in [3.63, 3.8) is 0 Å². The van der Waals surface area contributed by atoms with Gasteiger partial charge in [0.05, 0.1) is 25.5 Å². The summed E-state index contributed by atoms with van der Waals surface area (Å²) in [5.41, 5.74) is 1.88. The van der Waals surface area contributed by atoms with Crippen LogP contribution in [0, 0.1) is 0 Å². The smallest absolute Gasteiger partial charge is 0.327 e. The number of nitrogens with one attached hydrogen (secondary N) is 1. The number of ether oxygens (including phenoxy) is 1. The van der Waals surface area contributed by atoms with Crippen molar-refractivity contribution in [2.24, 2.45) is 0 Å². The van der Waals surface area contributed by atoms with Gasteiger partial charge in [-0.15, -0.1) is 0 Å². The predicted molar refractivity (Wildman–Crippen MR) is 77.9 cm³/mol. The van der Waals surface area contributed by atoms with E-state index in [4.69, 9.17) is 11.6 Å². The summed E-state index contributed by atoms with van der Waals surface area (Å²) in [6.45, 7) is 2.38. The second-order valence-electron chi connectivity index (χ2n) is 4.44. The lowest BCUT2D eigenvalue weighted by Crippen LogP contribution is -2.26. The molecule has 0 aliphatic carbocycles. The minimum absolute atomic E-state index is 0.310. The van der Waals surface area contributed by atoms with Crippen LogP contribution < -0.4 is 5.32 Å². The van der Waals surface area contributed by atoms with Crippen LogP contribution in [0.5, 0.6) is 0 Å². The maximum Gasteiger partial charge on any atom is 0.327 e. The molecule has 0 aliphatic rings. The number of esters is 1. The number of anilines is 1. The second-order valence-corrected chi connectivity index (χ2v) is 4.88. The lowest BCUT2D eigenvalue weighted by Gasteiger charge is -2.10. The quantitative estimate of drug-likeness (QED) is 0.861. The Morgan fingerprint density at radius 1 is 1.45 bits per heavy atom. The van der Waals surface area contributed by atoms with Gasteiger partial charge in [0, 0.05) is 11.2 Å². The molecule has 5 nitrogen and oxygen atoms in total. The molecule has 0 spiro atoms. The third-order valence-electron chi connectivity index (χ3n) is 2.83. The first-order valence-electron chi connectivity index (χ1n) is 6.20. The van der Waals surface area contributed by atoms with Gasteiger partial charge in [-0.25, -0.2) is 4.79 Å². The zero-order valence-corrected chi connectivity index (χ0v) is 12.1. The molecule has 6 heteroatoms. The lowest BCUT2D eigenvalue weighted by atomic mass is 10.2. The summed E-state index contributed by atoms with van der Waals surface area (Å²) in [5, 5.41) is 7.98. The first kappa shape index (κ1) is 14.4. The number of benzene rings is 1. The highest BCUT2D eigenvalue weighted by atomic mass is 35.5. The number of hydrogen-bond donors (Lipinski definition) is 1. The molecule has 20 heavy (non-hydrogen) atoms. The van der Waals surface area contributed by atoms with Crippen LogP contribution in [0.2, 0.25) is 5.02 Å². The Bertz CT molecular complexity index is 580. The molecular formula is C14H16ClN3O2. The molecule has 0 saturated carbocycles. The van der Waals surface area contributed by atoms with Crippen LogP contribution in [0.4, 0.5) is 5.69 Å². The van der Waals surface area contributed by atoms with E-state index in [1.807, 2.05) is 30.5 Å². The highest BCUT2D eigenvalue weighted by Gasteiger charge is 2.13. The van der Waals surface area contributed by atoms with Crippen LogP contribution in [-0.4, -0.2) is 28.9 Å². The SMILES string of the molecule is COC(=O)C(C)Nc1cnn(Cc2ccc(Cl)cc2)c1. The van der Waals surface area contributed by atoms with E-state index in [0.29, 0.717) is 11.6 Å². The molecule has 0 aliphatic heterocycles. The normalized spacial score (nSPS) is 11.9. The minimum atomic E-state index is -0.409. The Hall–Kier alpha value is -2.01. The summed E-state index contributed by atoms with van der Waals surface area (Å²) in [5.74, 6) is -0.310. The van der Waals surface area contributed by atoms with Crippen molar-refractivity contribution < 1.29 is 9.53 Å². The molecule has 1 atom stereocenters. The predicted octanol–water partition coefficient (Wildman–Crippen LogP) is 2.56. The van der Waals surface area contributed by atoms with Crippen molar-refractivity contribution in [2.75, 3.05) is 12.4 Å². The van der Waals surface area contributed by atoms with E-state index in [2.05, 4.69) is 15.2 Å². The van der Waals surface area contributed by atoms with Crippen LogP contribution >= 0.6 is 11.6 Å². The number of carbonyl (C=O) groups excluding carboxylic acids is 1. The molecule has 106 valence electrons. The van der Waals surface area contributed by atoms with Gasteiger partial charge in [-0.1, -0.05) is 23.7 Å². The van der Waals surface area contributed by atoms with Gasteiger partial charge in [0.25, 0.3) is 0 Å². The third kappa shape index (κ3) is 3.74. The standard InChI is InChI=1S/C14H16ClN3O2/c1-10(14(19)20-2)17-13-7-16-18(9-13)8-11-3-5-12(15)6-4-11/h3-7,9-10,17H,8H2,1-2H3. The zero-order chi connectivity index (χ0) is 14.5. The third-order valence-corrected chi connectivity index (χ3v) is 3.08. The molecule has 0 amide bonds. The molecule has 2 aromatic rings. The second kappa shape index (κ2) is 6.43. The van der Waals surface area contributed by atoms with Gasteiger partial charge in [-0.2, -0.15) is 5.10 Å². The van der Waals surface area contributed by atoms with Crippen LogP contribution in [0.3, 0.4) is 0 Å². The van der Waals surface area contributed by atoms with Gasteiger partial charge in [0.1, 0.15) is 6.04 Å². The van der Waals surface area contributed by atoms with Crippen molar-refractivity contribution in [3.8, 4) is 0 Å². The van der Waals surface area contributed by atoms with Gasteiger partial charge < -0.3 is 10.1 Å². The van der Waals surface area contributed by atoms with E-state index < -0.39 is 6.04 Å². The van der Waals surface area contributed by atoms with Gasteiger partial charge in [0.15, 0.2) is 0 Å². The molecule has 1 heterocycles. The first-order chi connectivity index (χ1) is 9.58. The van der Waals surface area contributed by atoms with Crippen molar-refractivity contribution in [2.45, 2.75) is 19.5 Å². The summed E-state index contributed by atoms with van der Waals surface area (Å²) >= 11 is 5.84. The Morgan fingerprint density at radius 2 is 2.15 bits per heavy atom. The molecule has 1 aromatic heterocycles. The molecule has 0 saturated heterocycles. The van der Waals surface area contributed by atoms with Crippen molar-refractivity contribution >= 4 is 23.3 Å². The summed E-state index contributed by atoms with van der Waals surface area (Å²) in [6, 6.07) is 7.19. The number of carbonyl (C=O) groups is 1. The highest BCUT2D eigenvalue weighted by molar-refractivity contribution is 6.30. The van der Waals surface area contributed by atoms with Crippen molar-refractivity contribution in [1.82, 2.24) is 9.78 Å². The van der Waals surface area contributed by atoms with Gasteiger partial charge in [-0.3, -0.25) is 4.68 Å². The Kier molecular flexibility index (Phi) is 4.63. The summed E-state index contributed by atoms with van der Waals surface area (Å²) < 4.78 is 6.44. The zero-order valence-electron chi connectivity index (χ0n) is 11.3. The Morgan fingerprint density at radius 3 is 2.80 bits per heavy atom. The van der Waals surface area contributed by atoms with E-state index in [1.54, 1.807) is 17.8 Å². The maximum atomic E-state index is 11.3. The molecule has 0 fully saturated rings.